The molecule has 3 aromatic rings. The van der Waals surface area contributed by atoms with Gasteiger partial charge in [-0.1, -0.05) is 72.8 Å². The van der Waals surface area contributed by atoms with Gasteiger partial charge in [-0.25, -0.2) is 4.79 Å². The first-order valence-corrected chi connectivity index (χ1v) is 11.5. The fourth-order valence-corrected chi connectivity index (χ4v) is 5.29. The number of hydrogen-bond donors (Lipinski definition) is 1. The molecule has 0 bridgehead atoms. The van der Waals surface area contributed by atoms with Crippen LogP contribution in [0.3, 0.4) is 0 Å². The number of esters is 1. The number of carbonyl (C=O) groups excluding carboxylic acids is 2. The van der Waals surface area contributed by atoms with Gasteiger partial charge in [0.25, 0.3) is 0 Å². The van der Waals surface area contributed by atoms with E-state index in [-0.39, 0.29) is 24.3 Å². The molecule has 0 aromatic heterocycles. The summed E-state index contributed by atoms with van der Waals surface area (Å²) in [5.74, 6) is -0.611. The van der Waals surface area contributed by atoms with E-state index in [0.29, 0.717) is 17.6 Å². The molecule has 0 spiro atoms. The molecule has 1 aliphatic carbocycles. The minimum atomic E-state index is -0.448. The second-order valence-corrected chi connectivity index (χ2v) is 8.72. The molecule has 33 heavy (non-hydrogen) atoms. The fraction of sp³-hybridized carbons (Fsp3) is 0.241. The standard InChI is InChI=1S/C29H27NO3/c1-3-33-29(32)26-18(2)30-24-16-21(19-10-5-4-6-11-19)17-25(31)28(24)27(26)23-15-9-13-20-12-7-8-14-22(20)23/h4-15,21,27,30H,3,16-17H2,1-2H3/t21-,27+/m1/s1. The number of rotatable bonds is 4. The molecule has 4 heteroatoms. The number of fused-ring (bicyclic) bond motifs is 1. The minimum Gasteiger partial charge on any atom is -0.463 e. The van der Waals surface area contributed by atoms with Gasteiger partial charge in [0, 0.05) is 29.3 Å². The lowest BCUT2D eigenvalue weighted by Crippen LogP contribution is -2.36. The smallest absolute Gasteiger partial charge is 0.336 e. The van der Waals surface area contributed by atoms with Crippen LogP contribution in [0.25, 0.3) is 10.8 Å². The number of ether oxygens (including phenoxy) is 1. The highest BCUT2D eigenvalue weighted by Gasteiger charge is 2.41. The highest BCUT2D eigenvalue weighted by Crippen LogP contribution is 2.47. The van der Waals surface area contributed by atoms with Gasteiger partial charge in [-0.3, -0.25) is 4.79 Å². The third kappa shape index (κ3) is 3.76. The normalized spacial score (nSPS) is 20.5. The summed E-state index contributed by atoms with van der Waals surface area (Å²) >= 11 is 0. The van der Waals surface area contributed by atoms with Crippen molar-refractivity contribution in [1.82, 2.24) is 5.32 Å². The Balaban J connectivity index is 1.68. The van der Waals surface area contributed by atoms with Crippen molar-refractivity contribution in [2.45, 2.75) is 38.5 Å². The number of Topliss-reactive ketones (excluding diaryl/α,β-unsaturated/α-hetero) is 1. The summed E-state index contributed by atoms with van der Waals surface area (Å²) in [6.07, 6.45) is 1.17. The highest BCUT2D eigenvalue weighted by molar-refractivity contribution is 6.05. The zero-order valence-electron chi connectivity index (χ0n) is 18.9. The summed E-state index contributed by atoms with van der Waals surface area (Å²) < 4.78 is 5.45. The van der Waals surface area contributed by atoms with Gasteiger partial charge in [-0.05, 0) is 48.1 Å². The van der Waals surface area contributed by atoms with E-state index in [1.165, 1.54) is 5.56 Å². The van der Waals surface area contributed by atoms with Crippen LogP contribution in [-0.2, 0) is 14.3 Å². The second kappa shape index (κ2) is 8.70. The Hall–Kier alpha value is -3.66. The molecule has 0 saturated heterocycles. The summed E-state index contributed by atoms with van der Waals surface area (Å²) in [7, 11) is 0. The molecular weight excluding hydrogens is 410 g/mol. The van der Waals surface area contributed by atoms with Crippen molar-refractivity contribution in [2.24, 2.45) is 0 Å². The van der Waals surface area contributed by atoms with Crippen molar-refractivity contribution in [3.63, 3.8) is 0 Å². The lowest BCUT2D eigenvalue weighted by Gasteiger charge is -2.37. The summed E-state index contributed by atoms with van der Waals surface area (Å²) in [6, 6.07) is 24.4. The molecule has 1 heterocycles. The number of carbonyl (C=O) groups is 2. The van der Waals surface area contributed by atoms with E-state index < -0.39 is 5.92 Å². The predicted octanol–water partition coefficient (Wildman–Crippen LogP) is 5.76. The van der Waals surface area contributed by atoms with Crippen molar-refractivity contribution in [2.75, 3.05) is 6.61 Å². The predicted molar refractivity (Wildman–Crippen MR) is 130 cm³/mol. The lowest BCUT2D eigenvalue weighted by molar-refractivity contribution is -0.138. The van der Waals surface area contributed by atoms with Crippen molar-refractivity contribution >= 4 is 22.5 Å². The molecule has 0 radical (unpaired) electrons. The van der Waals surface area contributed by atoms with Gasteiger partial charge in [-0.15, -0.1) is 0 Å². The van der Waals surface area contributed by atoms with Gasteiger partial charge in [-0.2, -0.15) is 0 Å². The Labute approximate surface area is 194 Å². The SMILES string of the molecule is CCOC(=O)C1=C(C)NC2=C(C(=O)C[C@H](c3ccccc3)C2)[C@H]1c1cccc2ccccc12. The van der Waals surface area contributed by atoms with E-state index >= 15 is 0 Å². The van der Waals surface area contributed by atoms with Crippen molar-refractivity contribution in [1.29, 1.82) is 0 Å². The largest absolute Gasteiger partial charge is 0.463 e. The fourth-order valence-electron chi connectivity index (χ4n) is 5.29. The first kappa shape index (κ1) is 21.2. The average molecular weight is 438 g/mol. The molecular formula is C29H27NO3. The number of dihydropyridines is 1. The van der Waals surface area contributed by atoms with E-state index in [1.807, 2.05) is 49.4 Å². The Morgan fingerprint density at radius 2 is 1.70 bits per heavy atom. The highest BCUT2D eigenvalue weighted by atomic mass is 16.5. The summed E-state index contributed by atoms with van der Waals surface area (Å²) in [6.45, 7) is 4.00. The molecule has 1 aliphatic heterocycles. The molecule has 2 atom stereocenters. The zero-order chi connectivity index (χ0) is 22.9. The van der Waals surface area contributed by atoms with Crippen molar-refractivity contribution < 1.29 is 14.3 Å². The van der Waals surface area contributed by atoms with Gasteiger partial charge in [0.1, 0.15) is 0 Å². The van der Waals surface area contributed by atoms with Crippen LogP contribution in [0.4, 0.5) is 0 Å². The van der Waals surface area contributed by atoms with Crippen LogP contribution in [-0.4, -0.2) is 18.4 Å². The Morgan fingerprint density at radius 3 is 2.48 bits per heavy atom. The third-order valence-electron chi connectivity index (χ3n) is 6.73. The molecule has 0 fully saturated rings. The van der Waals surface area contributed by atoms with Crippen LogP contribution < -0.4 is 5.32 Å². The van der Waals surface area contributed by atoms with Crippen LogP contribution in [0.15, 0.2) is 95.3 Å². The molecule has 3 aromatic carbocycles. The van der Waals surface area contributed by atoms with Crippen LogP contribution in [0.1, 0.15) is 49.7 Å². The molecule has 166 valence electrons. The monoisotopic (exact) mass is 437 g/mol. The molecule has 0 unspecified atom stereocenters. The minimum absolute atomic E-state index is 0.0878. The molecule has 0 amide bonds. The van der Waals surface area contributed by atoms with Crippen LogP contribution in [0, 0.1) is 0 Å². The summed E-state index contributed by atoms with van der Waals surface area (Å²) in [5, 5.41) is 5.56. The lowest BCUT2D eigenvalue weighted by atomic mass is 9.71. The van der Waals surface area contributed by atoms with Gasteiger partial charge in [0.15, 0.2) is 5.78 Å². The molecule has 5 rings (SSSR count). The van der Waals surface area contributed by atoms with Crippen LogP contribution >= 0.6 is 0 Å². The van der Waals surface area contributed by atoms with Gasteiger partial charge < -0.3 is 10.1 Å². The summed E-state index contributed by atoms with van der Waals surface area (Å²) in [4.78, 5) is 26.8. The van der Waals surface area contributed by atoms with E-state index in [4.69, 9.17) is 4.74 Å². The van der Waals surface area contributed by atoms with Crippen LogP contribution in [0.5, 0.6) is 0 Å². The molecule has 4 nitrogen and oxygen atoms in total. The summed E-state index contributed by atoms with van der Waals surface area (Å²) in [5.41, 5.74) is 5.04. The third-order valence-corrected chi connectivity index (χ3v) is 6.73. The molecule has 1 N–H and O–H groups in total. The topological polar surface area (TPSA) is 55.4 Å². The van der Waals surface area contributed by atoms with E-state index in [2.05, 4.69) is 35.6 Å². The molecule has 0 saturated carbocycles. The first-order valence-electron chi connectivity index (χ1n) is 11.5. The Bertz CT molecular complexity index is 1300. The van der Waals surface area contributed by atoms with E-state index in [9.17, 15) is 9.59 Å². The Morgan fingerprint density at radius 1 is 0.970 bits per heavy atom. The Kier molecular flexibility index (Phi) is 5.59. The number of hydrogen-bond acceptors (Lipinski definition) is 4. The quantitative estimate of drug-likeness (QED) is 0.527. The number of benzene rings is 3. The van der Waals surface area contributed by atoms with E-state index in [1.54, 1.807) is 6.92 Å². The van der Waals surface area contributed by atoms with Crippen molar-refractivity contribution in [3.05, 3.63) is 106 Å². The van der Waals surface area contributed by atoms with Gasteiger partial charge >= 0.3 is 5.97 Å². The number of ketones is 1. The van der Waals surface area contributed by atoms with E-state index in [0.717, 1.165) is 34.2 Å². The maximum absolute atomic E-state index is 13.7. The average Bonchev–Trinajstić information content (AvgIpc) is 2.83. The molecule has 2 aliphatic rings. The number of allylic oxidation sites excluding steroid dienone is 3. The maximum atomic E-state index is 13.7. The zero-order valence-corrected chi connectivity index (χ0v) is 18.9. The maximum Gasteiger partial charge on any atom is 0.336 e. The van der Waals surface area contributed by atoms with Crippen LogP contribution in [0.2, 0.25) is 0 Å². The first-order chi connectivity index (χ1) is 16.1. The van der Waals surface area contributed by atoms with Gasteiger partial charge in [0.2, 0.25) is 0 Å². The number of nitrogens with one attached hydrogen (secondary N) is 1. The second-order valence-electron chi connectivity index (χ2n) is 8.72. The van der Waals surface area contributed by atoms with Gasteiger partial charge in [0.05, 0.1) is 12.2 Å². The van der Waals surface area contributed by atoms with Crippen molar-refractivity contribution in [3.8, 4) is 0 Å².